The molecule has 11 aromatic carbocycles. The highest BCUT2D eigenvalue weighted by molar-refractivity contribution is 6.14. The van der Waals surface area contributed by atoms with E-state index in [4.69, 9.17) is 19.9 Å². The van der Waals surface area contributed by atoms with Crippen LogP contribution >= 0.6 is 0 Å². The van der Waals surface area contributed by atoms with Crippen LogP contribution in [0.2, 0.25) is 0 Å². The van der Waals surface area contributed by atoms with Crippen molar-refractivity contribution in [1.82, 2.24) is 29.1 Å². The van der Waals surface area contributed by atoms with Crippen LogP contribution in [0.25, 0.3) is 145 Å². The van der Waals surface area contributed by atoms with Gasteiger partial charge >= 0.3 is 0 Å². The minimum atomic E-state index is 0.478. The van der Waals surface area contributed by atoms with Crippen molar-refractivity contribution in [2.75, 3.05) is 0 Å². The molecule has 406 valence electrons. The molecule has 0 bridgehead atoms. The molecule has 15 aromatic rings. The van der Waals surface area contributed by atoms with Gasteiger partial charge in [-0.2, -0.15) is 21.0 Å². The van der Waals surface area contributed by atoms with Gasteiger partial charge in [-0.25, -0.2) is 15.0 Å². The van der Waals surface area contributed by atoms with Crippen molar-refractivity contribution in [2.45, 2.75) is 0 Å². The van der Waals surface area contributed by atoms with Gasteiger partial charge in [0.05, 0.1) is 85.7 Å². The lowest BCUT2D eigenvalue weighted by Crippen LogP contribution is -2.04. The maximum absolute atomic E-state index is 9.99. The van der Waals surface area contributed by atoms with E-state index in [1.807, 2.05) is 170 Å². The molecule has 0 aliphatic carbocycles. The SMILES string of the molecule is N#Cc1cccc(-c2ccc3c(c2)c2cc(-c4cccc(C#N)c4)ccc2n3-c2ccc(-c3nc(-c4ccccc4)nc(-c4ccccc4)n3)cc2-c2ncccc2-n2c3ccc(-c4cccc(C#N)c4)cc3c3cc(-c4cccc(C#N)c4)ccc32)c1. The predicted molar refractivity (Wildman–Crippen MR) is 349 cm³/mol. The van der Waals surface area contributed by atoms with E-state index in [1.54, 1.807) is 0 Å². The maximum atomic E-state index is 9.99. The third-order valence-electron chi connectivity index (χ3n) is 16.3. The van der Waals surface area contributed by atoms with Gasteiger partial charge < -0.3 is 9.13 Å². The Balaban J connectivity index is 1.02. The summed E-state index contributed by atoms with van der Waals surface area (Å²) in [6.45, 7) is 0. The Hall–Kier alpha value is -12.9. The molecule has 10 nitrogen and oxygen atoms in total. The molecule has 0 saturated heterocycles. The van der Waals surface area contributed by atoms with Crippen LogP contribution in [0.1, 0.15) is 22.3 Å². The number of hydrogen-bond donors (Lipinski definition) is 0. The van der Waals surface area contributed by atoms with Crippen LogP contribution in [-0.2, 0) is 0 Å². The average molecular weight is 1120 g/mol. The van der Waals surface area contributed by atoms with E-state index >= 15 is 0 Å². The summed E-state index contributed by atoms with van der Waals surface area (Å²) >= 11 is 0. The van der Waals surface area contributed by atoms with Gasteiger partial charge in [0.2, 0.25) is 0 Å². The molecule has 0 amide bonds. The lowest BCUT2D eigenvalue weighted by Gasteiger charge is -2.19. The Labute approximate surface area is 505 Å². The summed E-state index contributed by atoms with van der Waals surface area (Å²) in [7, 11) is 0. The largest absolute Gasteiger partial charge is 0.309 e. The van der Waals surface area contributed by atoms with Gasteiger partial charge in [-0.05, 0) is 172 Å². The van der Waals surface area contributed by atoms with Gasteiger partial charge in [-0.1, -0.05) is 133 Å². The molecule has 0 saturated carbocycles. The zero-order valence-electron chi connectivity index (χ0n) is 46.9. The molecular weight excluding hydrogens is 1080 g/mol. The molecule has 0 atom stereocenters. The molecular formula is C78H44N10. The summed E-state index contributed by atoms with van der Waals surface area (Å²) in [5.41, 5.74) is 19.1. The summed E-state index contributed by atoms with van der Waals surface area (Å²) in [5.74, 6) is 1.54. The van der Waals surface area contributed by atoms with Crippen molar-refractivity contribution in [2.24, 2.45) is 0 Å². The Bertz CT molecular complexity index is 5230. The minimum absolute atomic E-state index is 0.478. The summed E-state index contributed by atoms with van der Waals surface area (Å²) < 4.78 is 4.59. The van der Waals surface area contributed by atoms with E-state index < -0.39 is 0 Å². The maximum Gasteiger partial charge on any atom is 0.164 e. The predicted octanol–water partition coefficient (Wildman–Crippen LogP) is 18.3. The first kappa shape index (κ1) is 52.0. The van der Waals surface area contributed by atoms with Gasteiger partial charge in [-0.15, -0.1) is 0 Å². The van der Waals surface area contributed by atoms with Gasteiger partial charge in [0.15, 0.2) is 17.5 Å². The van der Waals surface area contributed by atoms with Crippen molar-refractivity contribution in [1.29, 1.82) is 21.0 Å². The highest BCUT2D eigenvalue weighted by Gasteiger charge is 2.25. The van der Waals surface area contributed by atoms with E-state index in [1.165, 1.54) is 0 Å². The molecule has 4 aromatic heterocycles. The topological polar surface area (TPSA) is 157 Å². The van der Waals surface area contributed by atoms with Gasteiger partial charge in [0.1, 0.15) is 0 Å². The number of rotatable bonds is 10. The normalized spacial score (nSPS) is 11.1. The highest BCUT2D eigenvalue weighted by atomic mass is 15.0. The second-order valence-corrected chi connectivity index (χ2v) is 21.5. The van der Waals surface area contributed by atoms with E-state index in [9.17, 15) is 21.0 Å². The van der Waals surface area contributed by atoms with Crippen molar-refractivity contribution in [3.63, 3.8) is 0 Å². The second-order valence-electron chi connectivity index (χ2n) is 21.5. The van der Waals surface area contributed by atoms with Crippen molar-refractivity contribution in [3.8, 4) is 126 Å². The molecule has 0 radical (unpaired) electrons. The van der Waals surface area contributed by atoms with E-state index in [2.05, 4.69) is 130 Å². The van der Waals surface area contributed by atoms with Gasteiger partial charge in [-0.3, -0.25) is 4.98 Å². The van der Waals surface area contributed by atoms with Crippen molar-refractivity contribution in [3.05, 3.63) is 289 Å². The number of hydrogen-bond acceptors (Lipinski definition) is 8. The monoisotopic (exact) mass is 1120 g/mol. The summed E-state index contributed by atoms with van der Waals surface area (Å²) in [6, 6.07) is 96.2. The summed E-state index contributed by atoms with van der Waals surface area (Å²) in [4.78, 5) is 21.0. The van der Waals surface area contributed by atoms with Gasteiger partial charge in [0.25, 0.3) is 0 Å². The molecule has 88 heavy (non-hydrogen) atoms. The Morgan fingerprint density at radius 1 is 0.261 bits per heavy atom. The van der Waals surface area contributed by atoms with Gasteiger partial charge in [0, 0.05) is 50.0 Å². The molecule has 0 spiro atoms. The number of benzene rings is 11. The Kier molecular flexibility index (Phi) is 12.8. The first-order chi connectivity index (χ1) is 43.4. The van der Waals surface area contributed by atoms with Crippen molar-refractivity contribution < 1.29 is 0 Å². The molecule has 0 aliphatic rings. The molecule has 15 rings (SSSR count). The first-order valence-electron chi connectivity index (χ1n) is 28.6. The lowest BCUT2D eigenvalue weighted by molar-refractivity contribution is 1.07. The summed E-state index contributed by atoms with van der Waals surface area (Å²) in [5, 5.41) is 43.8. The number of pyridine rings is 1. The number of nitrogens with zero attached hydrogens (tertiary/aromatic N) is 10. The third-order valence-corrected chi connectivity index (χ3v) is 16.3. The van der Waals surface area contributed by atoms with Crippen LogP contribution in [0.4, 0.5) is 0 Å². The fourth-order valence-electron chi connectivity index (χ4n) is 12.1. The molecule has 0 unspecified atom stereocenters. The van der Waals surface area contributed by atoms with Crippen LogP contribution in [0, 0.1) is 45.3 Å². The second kappa shape index (κ2) is 21.7. The molecule has 4 heterocycles. The third kappa shape index (κ3) is 9.22. The first-order valence-corrected chi connectivity index (χ1v) is 28.6. The number of aromatic nitrogens is 6. The fraction of sp³-hybridized carbons (Fsp3) is 0. The fourth-order valence-corrected chi connectivity index (χ4v) is 12.1. The highest BCUT2D eigenvalue weighted by Crippen LogP contribution is 2.44. The van der Waals surface area contributed by atoms with Crippen LogP contribution in [0.15, 0.2) is 267 Å². The molecule has 10 heteroatoms. The zero-order valence-corrected chi connectivity index (χ0v) is 46.9. The Morgan fingerprint density at radius 2 is 0.591 bits per heavy atom. The Morgan fingerprint density at radius 3 is 0.966 bits per heavy atom. The minimum Gasteiger partial charge on any atom is -0.309 e. The van der Waals surface area contributed by atoms with Crippen LogP contribution < -0.4 is 0 Å². The van der Waals surface area contributed by atoms with Crippen LogP contribution in [0.5, 0.6) is 0 Å². The quantitative estimate of drug-likeness (QED) is 0.131. The lowest BCUT2D eigenvalue weighted by atomic mass is 9.99. The standard InChI is InChI=1S/C78H44N10/c79-45-49-12-7-20-55(36-49)59-25-30-69-64(40-59)65-41-60(56-21-8-13-50(37-56)46-80)26-31-70(65)87(69)73-34-29-63(78-85-76(53-16-3-1-4-17-53)84-77(86-78)54-18-5-2-6-19-54)44-68(73)75-74(24-11-35-83-75)88-71-32-27-61(57-22-9-14-51(38-57)47-81)42-66(71)67-43-62(28-33-72(67)88)58-23-10-15-52(39-58)48-82/h1-44H. The summed E-state index contributed by atoms with van der Waals surface area (Å²) in [6.07, 6.45) is 1.84. The van der Waals surface area contributed by atoms with Crippen LogP contribution in [0.3, 0.4) is 0 Å². The molecule has 0 aliphatic heterocycles. The van der Waals surface area contributed by atoms with Crippen molar-refractivity contribution >= 4 is 43.6 Å². The molecule has 0 fully saturated rings. The van der Waals surface area contributed by atoms with Crippen LogP contribution in [-0.4, -0.2) is 29.1 Å². The number of nitriles is 4. The number of fused-ring (bicyclic) bond motifs is 6. The van der Waals surface area contributed by atoms with E-state index in [-0.39, 0.29) is 0 Å². The van der Waals surface area contributed by atoms with E-state index in [0.717, 1.165) is 122 Å². The average Bonchev–Trinajstić information content (AvgIpc) is 1.61. The van der Waals surface area contributed by atoms with E-state index in [0.29, 0.717) is 45.4 Å². The molecule has 0 N–H and O–H groups in total. The smallest absolute Gasteiger partial charge is 0.164 e. The zero-order chi connectivity index (χ0) is 59.2.